The van der Waals surface area contributed by atoms with Crippen LogP contribution in [0.5, 0.6) is 0 Å². The Morgan fingerprint density at radius 2 is 1.87 bits per heavy atom. The van der Waals surface area contributed by atoms with Gasteiger partial charge in [0.05, 0.1) is 0 Å². The van der Waals surface area contributed by atoms with Gasteiger partial charge >= 0.3 is 6.09 Å². The summed E-state index contributed by atoms with van der Waals surface area (Å²) in [5.41, 5.74) is 3.70. The van der Waals surface area contributed by atoms with Crippen molar-refractivity contribution in [2.45, 2.75) is 20.2 Å². The molecule has 1 aromatic heterocycles. The van der Waals surface area contributed by atoms with Crippen molar-refractivity contribution in [1.29, 1.82) is 0 Å². The van der Waals surface area contributed by atoms with Crippen LogP contribution in [0.1, 0.15) is 11.1 Å². The zero-order valence-corrected chi connectivity index (χ0v) is 13.1. The predicted molar refractivity (Wildman–Crippen MR) is 86.7 cm³/mol. The molecular weight excluding hydrogens is 292 g/mol. The fraction of sp³-hybridized carbons (Fsp3) is 0.235. The zero-order valence-electron chi connectivity index (χ0n) is 13.1. The van der Waals surface area contributed by atoms with E-state index in [-0.39, 0.29) is 13.3 Å². The average molecular weight is 310 g/mol. The number of aryl methyl sites for hydroxylation is 1. The number of hydrogen-bond acceptors (Lipinski definition) is 4. The van der Waals surface area contributed by atoms with Crippen LogP contribution in [0.4, 0.5) is 4.79 Å². The van der Waals surface area contributed by atoms with Crippen molar-refractivity contribution in [2.24, 2.45) is 0 Å². The molecule has 0 saturated carbocycles. The lowest BCUT2D eigenvalue weighted by Gasteiger charge is -2.16. The first-order valence-corrected chi connectivity index (χ1v) is 7.35. The third-order valence-corrected chi connectivity index (χ3v) is 3.43. The minimum Gasteiger partial charge on any atom is -0.445 e. The third-order valence-electron chi connectivity index (χ3n) is 3.43. The summed E-state index contributed by atoms with van der Waals surface area (Å²) in [5, 5.41) is 8.72. The van der Waals surface area contributed by atoms with Gasteiger partial charge in [0.25, 0.3) is 0 Å². The molecule has 0 saturated heterocycles. The van der Waals surface area contributed by atoms with Crippen LogP contribution >= 0.6 is 0 Å². The molecular formula is C17H18N4O2. The number of ether oxygens (including phenoxy) is 1. The average Bonchev–Trinajstić information content (AvgIpc) is 2.94. The Morgan fingerprint density at radius 1 is 1.13 bits per heavy atom. The highest BCUT2D eigenvalue weighted by Gasteiger charge is 2.12. The van der Waals surface area contributed by atoms with Crippen molar-refractivity contribution in [3.05, 3.63) is 59.7 Å². The van der Waals surface area contributed by atoms with Crippen molar-refractivity contribution in [1.82, 2.24) is 19.9 Å². The van der Waals surface area contributed by atoms with Crippen molar-refractivity contribution in [3.8, 4) is 0 Å². The van der Waals surface area contributed by atoms with E-state index in [9.17, 15) is 4.79 Å². The van der Waals surface area contributed by atoms with Gasteiger partial charge in [-0.15, -0.1) is 0 Å². The van der Waals surface area contributed by atoms with E-state index in [1.807, 2.05) is 55.5 Å². The fourth-order valence-electron chi connectivity index (χ4n) is 2.21. The number of amides is 1. The molecule has 0 atom stereocenters. The van der Waals surface area contributed by atoms with E-state index in [0.29, 0.717) is 0 Å². The lowest BCUT2D eigenvalue weighted by atomic mass is 10.2. The molecule has 0 aliphatic rings. The molecule has 1 heterocycles. The number of nitrogens with zero attached hydrogens (tertiary/aromatic N) is 4. The molecule has 118 valence electrons. The maximum atomic E-state index is 12.0. The summed E-state index contributed by atoms with van der Waals surface area (Å²) in [6, 6.07) is 15.4. The highest BCUT2D eigenvalue weighted by Crippen LogP contribution is 2.11. The summed E-state index contributed by atoms with van der Waals surface area (Å²) in [7, 11) is 1.66. The molecule has 2 aromatic carbocycles. The maximum Gasteiger partial charge on any atom is 0.411 e. The van der Waals surface area contributed by atoms with Crippen LogP contribution in [-0.2, 0) is 18.0 Å². The van der Waals surface area contributed by atoms with Crippen LogP contribution in [0, 0.1) is 6.92 Å². The van der Waals surface area contributed by atoms with E-state index < -0.39 is 6.09 Å². The highest BCUT2D eigenvalue weighted by molar-refractivity contribution is 5.74. The van der Waals surface area contributed by atoms with Crippen molar-refractivity contribution in [2.75, 3.05) is 7.05 Å². The summed E-state index contributed by atoms with van der Waals surface area (Å²) in [4.78, 5) is 15.0. The van der Waals surface area contributed by atoms with Gasteiger partial charge in [-0.1, -0.05) is 36.4 Å². The lowest BCUT2D eigenvalue weighted by Crippen LogP contribution is -2.30. The molecule has 0 fully saturated rings. The first kappa shape index (κ1) is 15.0. The van der Waals surface area contributed by atoms with Gasteiger partial charge in [0.15, 0.2) is 0 Å². The SMILES string of the molecule is Cc1ccc2nn(CN(C)C(=O)OCc3ccccc3)nc2c1. The van der Waals surface area contributed by atoms with Gasteiger partial charge in [0, 0.05) is 7.05 Å². The number of hydrogen-bond donors (Lipinski definition) is 0. The number of fused-ring (bicyclic) bond motifs is 1. The topological polar surface area (TPSA) is 60.2 Å². The van der Waals surface area contributed by atoms with E-state index in [1.165, 1.54) is 9.70 Å². The molecule has 0 N–H and O–H groups in total. The standard InChI is InChI=1S/C17H18N4O2/c1-13-8-9-15-16(10-13)19-21(18-15)12-20(2)17(22)23-11-14-6-4-3-5-7-14/h3-10H,11-12H2,1-2H3. The summed E-state index contributed by atoms with van der Waals surface area (Å²) in [6.45, 7) is 2.49. The van der Waals surface area contributed by atoms with E-state index in [0.717, 1.165) is 22.2 Å². The molecule has 0 unspecified atom stereocenters. The molecule has 3 aromatic rings. The van der Waals surface area contributed by atoms with E-state index in [1.54, 1.807) is 7.05 Å². The molecule has 0 aliphatic carbocycles. The van der Waals surface area contributed by atoms with E-state index in [2.05, 4.69) is 10.2 Å². The van der Waals surface area contributed by atoms with Gasteiger partial charge in [0.2, 0.25) is 0 Å². The first-order valence-electron chi connectivity index (χ1n) is 7.35. The Bertz CT molecular complexity index is 814. The van der Waals surface area contributed by atoms with Crippen LogP contribution in [0.25, 0.3) is 11.0 Å². The molecule has 0 aliphatic heterocycles. The minimum absolute atomic E-state index is 0.237. The van der Waals surface area contributed by atoms with Crippen molar-refractivity contribution >= 4 is 17.1 Å². The fourth-order valence-corrected chi connectivity index (χ4v) is 2.21. The van der Waals surface area contributed by atoms with Gasteiger partial charge in [-0.3, -0.25) is 4.90 Å². The number of rotatable bonds is 4. The molecule has 6 heteroatoms. The Kier molecular flexibility index (Phi) is 4.23. The van der Waals surface area contributed by atoms with E-state index >= 15 is 0 Å². The number of aromatic nitrogens is 3. The molecule has 0 bridgehead atoms. The first-order chi connectivity index (χ1) is 11.1. The van der Waals surface area contributed by atoms with Crippen LogP contribution < -0.4 is 0 Å². The van der Waals surface area contributed by atoms with Gasteiger partial charge in [-0.2, -0.15) is 15.0 Å². The highest BCUT2D eigenvalue weighted by atomic mass is 16.6. The second kappa shape index (κ2) is 6.48. The Hall–Kier alpha value is -2.89. The number of carbonyl (C=O) groups is 1. The normalized spacial score (nSPS) is 10.7. The maximum absolute atomic E-state index is 12.0. The van der Waals surface area contributed by atoms with Crippen molar-refractivity contribution in [3.63, 3.8) is 0 Å². The summed E-state index contributed by atoms with van der Waals surface area (Å²) in [6.07, 6.45) is -0.411. The third kappa shape index (κ3) is 3.66. The lowest BCUT2D eigenvalue weighted by molar-refractivity contribution is 0.0918. The molecule has 23 heavy (non-hydrogen) atoms. The minimum atomic E-state index is -0.411. The largest absolute Gasteiger partial charge is 0.445 e. The Morgan fingerprint density at radius 3 is 2.65 bits per heavy atom. The number of carbonyl (C=O) groups excluding carboxylic acids is 1. The molecule has 0 radical (unpaired) electrons. The smallest absolute Gasteiger partial charge is 0.411 e. The Balaban J connectivity index is 1.60. The van der Waals surface area contributed by atoms with Gasteiger partial charge in [0.1, 0.15) is 24.3 Å². The molecule has 6 nitrogen and oxygen atoms in total. The monoisotopic (exact) mass is 310 g/mol. The summed E-state index contributed by atoms with van der Waals surface area (Å²) < 4.78 is 5.27. The van der Waals surface area contributed by atoms with E-state index in [4.69, 9.17) is 4.74 Å². The Labute approximate surface area is 134 Å². The molecule has 3 rings (SSSR count). The predicted octanol–water partition coefficient (Wildman–Crippen LogP) is 2.97. The quantitative estimate of drug-likeness (QED) is 0.743. The molecule has 1 amide bonds. The number of benzene rings is 2. The van der Waals surface area contributed by atoms with Crippen molar-refractivity contribution < 1.29 is 9.53 Å². The van der Waals surface area contributed by atoms with Gasteiger partial charge in [-0.25, -0.2) is 4.79 Å². The summed E-state index contributed by atoms with van der Waals surface area (Å²) >= 11 is 0. The van der Waals surface area contributed by atoms with Crippen LogP contribution in [0.15, 0.2) is 48.5 Å². The van der Waals surface area contributed by atoms with Crippen LogP contribution in [0.3, 0.4) is 0 Å². The summed E-state index contributed by atoms with van der Waals surface area (Å²) in [5.74, 6) is 0. The van der Waals surface area contributed by atoms with Crippen LogP contribution in [0.2, 0.25) is 0 Å². The van der Waals surface area contributed by atoms with Crippen LogP contribution in [-0.4, -0.2) is 33.0 Å². The second-order valence-electron chi connectivity index (χ2n) is 5.44. The van der Waals surface area contributed by atoms with Gasteiger partial charge < -0.3 is 4.74 Å². The van der Waals surface area contributed by atoms with Gasteiger partial charge in [-0.05, 0) is 30.2 Å². The zero-order chi connectivity index (χ0) is 16.2. The molecule has 0 spiro atoms. The second-order valence-corrected chi connectivity index (χ2v) is 5.44.